The van der Waals surface area contributed by atoms with Crippen LogP contribution in [0.2, 0.25) is 0 Å². The minimum Gasteiger partial charge on any atom is -0.364 e. The van der Waals surface area contributed by atoms with Crippen molar-refractivity contribution in [2.45, 2.75) is 38.9 Å². The smallest absolute Gasteiger partial charge is 0.0972 e. The molecule has 3 nitrogen and oxygen atoms in total. The molecule has 2 bridgehead atoms. The molecule has 3 heteroatoms. The monoisotopic (exact) mass is 242 g/mol. The molecule has 18 heavy (non-hydrogen) atoms. The zero-order valence-electron chi connectivity index (χ0n) is 10.9. The van der Waals surface area contributed by atoms with E-state index in [1.165, 1.54) is 11.1 Å². The molecule has 4 rings (SSSR count). The Kier molecular flexibility index (Phi) is 2.78. The Labute approximate surface area is 108 Å². The summed E-state index contributed by atoms with van der Waals surface area (Å²) in [6, 6.07) is 0. The number of hydrogen-bond donors (Lipinski definition) is 0. The molecule has 3 aliphatic rings. The van der Waals surface area contributed by atoms with E-state index in [0.717, 1.165) is 18.5 Å². The summed E-state index contributed by atoms with van der Waals surface area (Å²) in [6.07, 6.45) is 11.9. The molecule has 1 fully saturated rings. The first-order valence-corrected chi connectivity index (χ1v) is 6.54. The average molecular weight is 242 g/mol. The Bertz CT molecular complexity index is 506. The summed E-state index contributed by atoms with van der Waals surface area (Å²) in [5, 5.41) is 0. The second kappa shape index (κ2) is 4.32. The fourth-order valence-electron chi connectivity index (χ4n) is 2.79. The second-order valence-corrected chi connectivity index (χ2v) is 5.13. The lowest BCUT2D eigenvalue weighted by Crippen LogP contribution is -2.50. The lowest BCUT2D eigenvalue weighted by atomic mass is 9.61. The third-order valence-corrected chi connectivity index (χ3v) is 4.08. The van der Waals surface area contributed by atoms with Gasteiger partial charge in [-0.3, -0.25) is 9.97 Å². The van der Waals surface area contributed by atoms with Crippen molar-refractivity contribution >= 4 is 0 Å². The maximum atomic E-state index is 6.15. The third kappa shape index (κ3) is 1.79. The van der Waals surface area contributed by atoms with Crippen LogP contribution in [0, 0.1) is 5.92 Å². The molecule has 2 unspecified atom stereocenters. The highest BCUT2D eigenvalue weighted by atomic mass is 16.5. The first-order valence-electron chi connectivity index (χ1n) is 6.54. The van der Waals surface area contributed by atoms with Crippen LogP contribution in [-0.4, -0.2) is 15.6 Å². The summed E-state index contributed by atoms with van der Waals surface area (Å²) in [5.74, 6) is 0.504. The molecule has 0 amide bonds. The van der Waals surface area contributed by atoms with Crippen LogP contribution < -0.4 is 0 Å². The van der Waals surface area contributed by atoms with Crippen molar-refractivity contribution in [1.82, 2.24) is 9.97 Å². The highest BCUT2D eigenvalue weighted by Crippen LogP contribution is 2.51. The summed E-state index contributed by atoms with van der Waals surface area (Å²) in [4.78, 5) is 8.32. The van der Waals surface area contributed by atoms with Gasteiger partial charge in [-0.15, -0.1) is 0 Å². The molecule has 1 heterocycles. The number of ether oxygens (including phenoxy) is 1. The summed E-state index contributed by atoms with van der Waals surface area (Å²) in [6.45, 7) is 4.97. The van der Waals surface area contributed by atoms with Gasteiger partial charge in [-0.1, -0.05) is 25.5 Å². The number of rotatable bonds is 4. The van der Waals surface area contributed by atoms with Gasteiger partial charge in [0.15, 0.2) is 0 Å². The molecule has 3 aliphatic carbocycles. The van der Waals surface area contributed by atoms with Crippen molar-refractivity contribution in [3.63, 3.8) is 0 Å². The van der Waals surface area contributed by atoms with Crippen molar-refractivity contribution < 1.29 is 4.74 Å². The van der Waals surface area contributed by atoms with Crippen molar-refractivity contribution in [3.05, 3.63) is 47.6 Å². The number of allylic oxidation sites excluding steroid dienone is 2. The molecule has 94 valence electrons. The minimum atomic E-state index is -0.0903. The SMILES string of the molecule is CCC1=CC2(OCc3cnccn3)CC(=C1)C2C. The quantitative estimate of drug-likeness (QED) is 0.814. The van der Waals surface area contributed by atoms with Crippen LogP contribution in [0.4, 0.5) is 0 Å². The van der Waals surface area contributed by atoms with Crippen LogP contribution in [0.15, 0.2) is 41.9 Å². The van der Waals surface area contributed by atoms with E-state index in [9.17, 15) is 0 Å². The Morgan fingerprint density at radius 3 is 3.00 bits per heavy atom. The van der Waals surface area contributed by atoms with E-state index in [0.29, 0.717) is 12.5 Å². The van der Waals surface area contributed by atoms with E-state index in [1.54, 1.807) is 18.6 Å². The minimum absolute atomic E-state index is 0.0903. The van der Waals surface area contributed by atoms with Gasteiger partial charge >= 0.3 is 0 Å². The van der Waals surface area contributed by atoms with Crippen molar-refractivity contribution in [2.24, 2.45) is 5.92 Å². The Hall–Kier alpha value is -1.48. The Balaban J connectivity index is 1.73. The molecule has 0 N–H and O–H groups in total. The highest BCUT2D eigenvalue weighted by Gasteiger charge is 2.49. The van der Waals surface area contributed by atoms with Gasteiger partial charge < -0.3 is 4.74 Å². The fourth-order valence-corrected chi connectivity index (χ4v) is 2.79. The van der Waals surface area contributed by atoms with Crippen LogP contribution in [-0.2, 0) is 11.3 Å². The first-order chi connectivity index (χ1) is 8.73. The normalized spacial score (nSPS) is 29.3. The van der Waals surface area contributed by atoms with Crippen molar-refractivity contribution in [2.75, 3.05) is 0 Å². The summed E-state index contributed by atoms with van der Waals surface area (Å²) >= 11 is 0. The predicted molar refractivity (Wildman–Crippen MR) is 69.8 cm³/mol. The van der Waals surface area contributed by atoms with E-state index in [1.807, 2.05) is 0 Å². The fraction of sp³-hybridized carbons (Fsp3) is 0.467. The molecular weight excluding hydrogens is 224 g/mol. The number of fused-ring (bicyclic) bond motifs is 1. The van der Waals surface area contributed by atoms with E-state index in [2.05, 4.69) is 36.0 Å². The molecule has 2 atom stereocenters. The molecule has 1 aromatic rings. The third-order valence-electron chi connectivity index (χ3n) is 4.08. The molecule has 0 radical (unpaired) electrons. The Morgan fingerprint density at radius 2 is 2.33 bits per heavy atom. The lowest BCUT2D eigenvalue weighted by molar-refractivity contribution is -0.0846. The van der Waals surface area contributed by atoms with Gasteiger partial charge in [-0.05, 0) is 18.1 Å². The van der Waals surface area contributed by atoms with E-state index in [4.69, 9.17) is 4.74 Å². The number of hydrogen-bond acceptors (Lipinski definition) is 3. The van der Waals surface area contributed by atoms with Gasteiger partial charge in [-0.25, -0.2) is 0 Å². The first kappa shape index (κ1) is 11.6. The van der Waals surface area contributed by atoms with Gasteiger partial charge in [0.25, 0.3) is 0 Å². The van der Waals surface area contributed by atoms with Crippen LogP contribution in [0.25, 0.3) is 0 Å². The van der Waals surface area contributed by atoms with Gasteiger partial charge in [0.2, 0.25) is 0 Å². The standard InChI is InChI=1S/C15H18N2O/c1-3-12-6-13-8-15(7-12,11(13)2)18-10-14-9-16-4-5-17-14/h4-7,9,11H,3,8,10H2,1-2H3. The van der Waals surface area contributed by atoms with Crippen LogP contribution in [0.1, 0.15) is 32.4 Å². The highest BCUT2D eigenvalue weighted by molar-refractivity contribution is 5.44. The summed E-state index contributed by atoms with van der Waals surface area (Å²) < 4.78 is 6.15. The topological polar surface area (TPSA) is 35.0 Å². The lowest BCUT2D eigenvalue weighted by Gasteiger charge is -2.51. The maximum absolute atomic E-state index is 6.15. The number of aromatic nitrogens is 2. The predicted octanol–water partition coefficient (Wildman–Crippen LogP) is 3.05. The molecule has 0 spiro atoms. The molecular formula is C15H18N2O. The van der Waals surface area contributed by atoms with E-state index >= 15 is 0 Å². The van der Waals surface area contributed by atoms with Crippen molar-refractivity contribution in [1.29, 1.82) is 0 Å². The van der Waals surface area contributed by atoms with Gasteiger partial charge in [0.1, 0.15) is 0 Å². The zero-order chi connectivity index (χ0) is 12.6. The zero-order valence-corrected chi connectivity index (χ0v) is 10.9. The molecule has 1 aromatic heterocycles. The van der Waals surface area contributed by atoms with Crippen LogP contribution in [0.5, 0.6) is 0 Å². The maximum Gasteiger partial charge on any atom is 0.0972 e. The van der Waals surface area contributed by atoms with E-state index in [-0.39, 0.29) is 5.60 Å². The molecule has 0 saturated heterocycles. The average Bonchev–Trinajstić information content (AvgIpc) is 2.45. The molecule has 1 saturated carbocycles. The largest absolute Gasteiger partial charge is 0.364 e. The van der Waals surface area contributed by atoms with Gasteiger partial charge in [-0.2, -0.15) is 0 Å². The number of nitrogens with zero attached hydrogens (tertiary/aromatic N) is 2. The van der Waals surface area contributed by atoms with Crippen LogP contribution >= 0.6 is 0 Å². The summed E-state index contributed by atoms with van der Waals surface area (Å²) in [7, 11) is 0. The second-order valence-electron chi connectivity index (χ2n) is 5.13. The van der Waals surface area contributed by atoms with Crippen molar-refractivity contribution in [3.8, 4) is 0 Å². The van der Waals surface area contributed by atoms with Crippen LogP contribution in [0.3, 0.4) is 0 Å². The van der Waals surface area contributed by atoms with E-state index < -0.39 is 0 Å². The molecule has 0 aliphatic heterocycles. The van der Waals surface area contributed by atoms with Gasteiger partial charge in [0, 0.05) is 24.7 Å². The molecule has 0 aromatic carbocycles. The van der Waals surface area contributed by atoms with Gasteiger partial charge in [0.05, 0.1) is 24.1 Å². The summed E-state index contributed by atoms with van der Waals surface area (Å²) in [5.41, 5.74) is 3.72. The Morgan fingerprint density at radius 1 is 1.44 bits per heavy atom.